The van der Waals surface area contributed by atoms with Crippen molar-refractivity contribution < 1.29 is 13.6 Å². The van der Waals surface area contributed by atoms with E-state index in [0.717, 1.165) is 37.1 Å². The molecule has 0 spiro atoms. The Bertz CT molecular complexity index is 1080. The first-order chi connectivity index (χ1) is 16.1. The zero-order valence-corrected chi connectivity index (χ0v) is 18.9. The maximum absolute atomic E-state index is 13.9. The smallest absolute Gasteiger partial charge is 0.315 e. The number of hydrogen-bond donors (Lipinski definition) is 2. The van der Waals surface area contributed by atoms with Gasteiger partial charge in [-0.2, -0.15) is 0 Å². The van der Waals surface area contributed by atoms with Crippen LogP contribution in [0.15, 0.2) is 46.9 Å². The topological polar surface area (TPSA) is 83.3 Å². The first-order valence-corrected chi connectivity index (χ1v) is 11.6. The maximum atomic E-state index is 13.9. The van der Waals surface area contributed by atoms with Gasteiger partial charge in [-0.1, -0.05) is 24.2 Å². The third-order valence-corrected chi connectivity index (χ3v) is 5.89. The number of likely N-dealkylation sites (tertiary alicyclic amines) is 1. The molecule has 1 aromatic heterocycles. The van der Waals surface area contributed by atoms with Crippen LogP contribution in [-0.2, 0) is 6.42 Å². The van der Waals surface area contributed by atoms with Crippen molar-refractivity contribution in [2.24, 2.45) is 0 Å². The molecule has 3 aromatic rings. The minimum absolute atomic E-state index is 0.00710. The summed E-state index contributed by atoms with van der Waals surface area (Å²) >= 11 is 0. The fourth-order valence-electron chi connectivity index (χ4n) is 4.08. The van der Waals surface area contributed by atoms with Crippen LogP contribution in [-0.4, -0.2) is 47.2 Å². The quantitative estimate of drug-likeness (QED) is 0.423. The van der Waals surface area contributed by atoms with Gasteiger partial charge in [0.2, 0.25) is 5.89 Å². The van der Waals surface area contributed by atoms with Crippen molar-refractivity contribution in [1.29, 1.82) is 0 Å². The second-order valence-electron chi connectivity index (χ2n) is 8.25. The van der Waals surface area contributed by atoms with Crippen molar-refractivity contribution >= 4 is 17.6 Å². The summed E-state index contributed by atoms with van der Waals surface area (Å²) in [6.07, 6.45) is 5.54. The maximum Gasteiger partial charge on any atom is 0.315 e. The molecule has 0 unspecified atom stereocenters. The molecule has 0 bridgehead atoms. The third kappa shape index (κ3) is 5.96. The monoisotopic (exact) mass is 451 g/mol. The van der Waals surface area contributed by atoms with Crippen molar-refractivity contribution in [2.75, 3.05) is 36.8 Å². The van der Waals surface area contributed by atoms with E-state index in [0.29, 0.717) is 24.0 Å². The number of unbranched alkanes of at least 4 members (excludes halogenated alkanes) is 1. The molecule has 33 heavy (non-hydrogen) atoms. The molecular formula is C25H30FN5O2. The number of aromatic nitrogens is 2. The SMILES string of the molecule is CCc1cc(NC(=O)c2ccccc2F)ccc1-c1nnc(NCCCCN2CCCC2)o1. The highest BCUT2D eigenvalue weighted by Gasteiger charge is 2.15. The summed E-state index contributed by atoms with van der Waals surface area (Å²) in [7, 11) is 0. The molecular weight excluding hydrogens is 421 g/mol. The number of hydrogen-bond acceptors (Lipinski definition) is 6. The standard InChI is InChI=1S/C25H30FN5O2/c1-2-18-17-19(28-23(32)21-9-3-4-10-22(21)26)11-12-20(18)24-29-30-25(33-24)27-13-5-6-14-31-15-7-8-16-31/h3-4,9-12,17H,2,5-8,13-16H2,1H3,(H,27,30)(H,28,32). The van der Waals surface area contributed by atoms with E-state index in [9.17, 15) is 9.18 Å². The molecule has 1 fully saturated rings. The van der Waals surface area contributed by atoms with E-state index in [1.54, 1.807) is 18.2 Å². The van der Waals surface area contributed by atoms with E-state index in [4.69, 9.17) is 4.42 Å². The molecule has 174 valence electrons. The zero-order chi connectivity index (χ0) is 23.0. The number of halogens is 1. The third-order valence-electron chi connectivity index (χ3n) is 5.89. The largest absolute Gasteiger partial charge is 0.403 e. The minimum atomic E-state index is -0.552. The first-order valence-electron chi connectivity index (χ1n) is 11.6. The normalized spacial score (nSPS) is 13.9. The lowest BCUT2D eigenvalue weighted by atomic mass is 10.0. The Morgan fingerprint density at radius 2 is 1.94 bits per heavy atom. The number of amides is 1. The molecule has 0 aliphatic carbocycles. The van der Waals surface area contributed by atoms with Gasteiger partial charge in [0.25, 0.3) is 5.91 Å². The second kappa shape index (κ2) is 11.0. The van der Waals surface area contributed by atoms with E-state index in [1.165, 1.54) is 38.1 Å². The Balaban J connectivity index is 1.34. The molecule has 0 atom stereocenters. The molecule has 0 radical (unpaired) electrons. The fraction of sp³-hybridized carbons (Fsp3) is 0.400. The number of aryl methyl sites for hydroxylation is 1. The molecule has 2 heterocycles. The Labute approximate surface area is 193 Å². The molecule has 1 saturated heterocycles. The lowest BCUT2D eigenvalue weighted by Crippen LogP contribution is -2.20. The highest BCUT2D eigenvalue weighted by Crippen LogP contribution is 2.27. The second-order valence-corrected chi connectivity index (χ2v) is 8.25. The Morgan fingerprint density at radius 3 is 2.73 bits per heavy atom. The number of benzene rings is 2. The number of nitrogens with zero attached hydrogens (tertiary/aromatic N) is 3. The van der Waals surface area contributed by atoms with Crippen molar-refractivity contribution in [2.45, 2.75) is 39.0 Å². The summed E-state index contributed by atoms with van der Waals surface area (Å²) in [5.74, 6) is -0.612. The van der Waals surface area contributed by atoms with Gasteiger partial charge in [0.05, 0.1) is 5.56 Å². The molecule has 7 nitrogen and oxygen atoms in total. The van der Waals surface area contributed by atoms with E-state index in [2.05, 4.69) is 25.7 Å². The van der Waals surface area contributed by atoms with Gasteiger partial charge in [0.1, 0.15) is 5.82 Å². The van der Waals surface area contributed by atoms with Crippen molar-refractivity contribution in [3.63, 3.8) is 0 Å². The van der Waals surface area contributed by atoms with Gasteiger partial charge in [0, 0.05) is 17.8 Å². The van der Waals surface area contributed by atoms with Gasteiger partial charge in [-0.15, -0.1) is 5.10 Å². The van der Waals surface area contributed by atoms with Gasteiger partial charge in [-0.25, -0.2) is 4.39 Å². The molecule has 1 aliphatic rings. The molecule has 4 rings (SSSR count). The van der Waals surface area contributed by atoms with Gasteiger partial charge < -0.3 is 20.0 Å². The predicted octanol–water partition coefficient (Wildman–Crippen LogP) is 4.98. The Hall–Kier alpha value is -3.26. The summed E-state index contributed by atoms with van der Waals surface area (Å²) in [6.45, 7) is 6.41. The van der Waals surface area contributed by atoms with Crippen LogP contribution >= 0.6 is 0 Å². The van der Waals surface area contributed by atoms with E-state index < -0.39 is 11.7 Å². The van der Waals surface area contributed by atoms with E-state index in [-0.39, 0.29) is 5.56 Å². The zero-order valence-electron chi connectivity index (χ0n) is 18.9. The Kier molecular flexibility index (Phi) is 7.67. The average molecular weight is 452 g/mol. The molecule has 1 amide bonds. The number of carbonyl (C=O) groups excluding carboxylic acids is 1. The highest BCUT2D eigenvalue weighted by molar-refractivity contribution is 6.04. The molecule has 2 N–H and O–H groups in total. The van der Waals surface area contributed by atoms with Crippen LogP contribution in [0.25, 0.3) is 11.5 Å². The molecule has 0 saturated carbocycles. The lowest BCUT2D eigenvalue weighted by molar-refractivity contribution is 0.102. The van der Waals surface area contributed by atoms with Crippen LogP contribution in [0.3, 0.4) is 0 Å². The summed E-state index contributed by atoms with van der Waals surface area (Å²) in [5, 5.41) is 14.3. The van der Waals surface area contributed by atoms with Gasteiger partial charge in [-0.05, 0) is 87.6 Å². The summed E-state index contributed by atoms with van der Waals surface area (Å²) in [6, 6.07) is 11.8. The lowest BCUT2D eigenvalue weighted by Gasteiger charge is -2.13. The van der Waals surface area contributed by atoms with Crippen LogP contribution in [0.1, 0.15) is 48.5 Å². The summed E-state index contributed by atoms with van der Waals surface area (Å²) < 4.78 is 19.7. The van der Waals surface area contributed by atoms with Crippen LogP contribution in [0, 0.1) is 5.82 Å². The van der Waals surface area contributed by atoms with Crippen molar-refractivity contribution in [3.05, 3.63) is 59.4 Å². The minimum Gasteiger partial charge on any atom is -0.403 e. The van der Waals surface area contributed by atoms with Crippen LogP contribution in [0.4, 0.5) is 16.1 Å². The number of anilines is 2. The van der Waals surface area contributed by atoms with Gasteiger partial charge >= 0.3 is 6.01 Å². The van der Waals surface area contributed by atoms with Crippen molar-refractivity contribution in [3.8, 4) is 11.5 Å². The van der Waals surface area contributed by atoms with Crippen LogP contribution < -0.4 is 10.6 Å². The number of rotatable bonds is 10. The van der Waals surface area contributed by atoms with E-state index in [1.807, 2.05) is 19.1 Å². The van der Waals surface area contributed by atoms with Crippen molar-refractivity contribution in [1.82, 2.24) is 15.1 Å². The highest BCUT2D eigenvalue weighted by atomic mass is 19.1. The average Bonchev–Trinajstić information content (AvgIpc) is 3.51. The van der Waals surface area contributed by atoms with Gasteiger partial charge in [-0.3, -0.25) is 4.79 Å². The van der Waals surface area contributed by atoms with E-state index >= 15 is 0 Å². The predicted molar refractivity (Wildman–Crippen MR) is 127 cm³/mol. The Morgan fingerprint density at radius 1 is 1.12 bits per heavy atom. The molecule has 8 heteroatoms. The van der Waals surface area contributed by atoms with Gasteiger partial charge in [0.15, 0.2) is 0 Å². The summed E-state index contributed by atoms with van der Waals surface area (Å²) in [5.41, 5.74) is 2.35. The van der Waals surface area contributed by atoms with Crippen LogP contribution in [0.2, 0.25) is 0 Å². The first kappa shape index (κ1) is 22.9. The number of nitrogens with one attached hydrogen (secondary N) is 2. The number of carbonyl (C=O) groups is 1. The fourth-order valence-corrected chi connectivity index (χ4v) is 4.08. The molecule has 2 aromatic carbocycles. The van der Waals surface area contributed by atoms with Crippen LogP contribution in [0.5, 0.6) is 0 Å². The molecule has 1 aliphatic heterocycles. The summed E-state index contributed by atoms with van der Waals surface area (Å²) in [4.78, 5) is 14.9.